The highest BCUT2D eigenvalue weighted by atomic mass is 16.3. The predicted octanol–water partition coefficient (Wildman–Crippen LogP) is 3.79. The Kier molecular flexibility index (Phi) is 6.07. The van der Waals surface area contributed by atoms with Crippen LogP contribution in [0, 0.1) is 0 Å². The third-order valence-corrected chi connectivity index (χ3v) is 6.70. The summed E-state index contributed by atoms with van der Waals surface area (Å²) >= 11 is 0. The zero-order valence-corrected chi connectivity index (χ0v) is 20.7. The Morgan fingerprint density at radius 2 is 1.83 bits per heavy atom. The highest BCUT2D eigenvalue weighted by Gasteiger charge is 2.26. The number of carbonyl (C=O) groups is 1. The summed E-state index contributed by atoms with van der Waals surface area (Å²) in [7, 11) is 1.97. The molecule has 0 radical (unpaired) electrons. The van der Waals surface area contributed by atoms with Crippen molar-refractivity contribution >= 4 is 28.4 Å². The molecule has 1 amide bonds. The lowest BCUT2D eigenvalue weighted by molar-refractivity contribution is -0.112. The Hall–Kier alpha value is -4.01. The van der Waals surface area contributed by atoms with Crippen molar-refractivity contribution in [2.45, 2.75) is 39.0 Å². The van der Waals surface area contributed by atoms with Crippen LogP contribution >= 0.6 is 0 Å². The first-order chi connectivity index (χ1) is 17.2. The van der Waals surface area contributed by atoms with Crippen LogP contribution < -0.4 is 16.4 Å². The van der Waals surface area contributed by atoms with Crippen molar-refractivity contribution in [1.29, 1.82) is 0 Å². The van der Waals surface area contributed by atoms with E-state index >= 15 is 0 Å². The van der Waals surface area contributed by atoms with Crippen LogP contribution in [0.2, 0.25) is 0 Å². The summed E-state index contributed by atoms with van der Waals surface area (Å²) < 4.78 is 2.04. The van der Waals surface area contributed by atoms with Crippen molar-refractivity contribution in [3.63, 3.8) is 0 Å². The fourth-order valence-corrected chi connectivity index (χ4v) is 5.08. The average Bonchev–Trinajstić information content (AvgIpc) is 3.37. The van der Waals surface area contributed by atoms with Gasteiger partial charge in [0.25, 0.3) is 5.91 Å². The lowest BCUT2D eigenvalue weighted by Crippen LogP contribution is -2.36. The number of nitrogen functional groups attached to an aromatic ring is 1. The van der Waals surface area contributed by atoms with Crippen molar-refractivity contribution in [3.8, 4) is 22.4 Å². The number of aliphatic hydroxyl groups excluding tert-OH is 1. The smallest absolute Gasteiger partial charge is 0.250 e. The number of aliphatic hydroxyl groups is 1. The number of aryl methyl sites for hydroxylation is 1. The van der Waals surface area contributed by atoms with Crippen LogP contribution in [0.3, 0.4) is 0 Å². The second kappa shape index (κ2) is 9.22. The Balaban J connectivity index is 1.62. The van der Waals surface area contributed by atoms with Crippen LogP contribution in [0.25, 0.3) is 33.4 Å². The molecular formula is C28H30N6O2. The number of fused-ring (bicyclic) bond motifs is 2. The molecule has 0 saturated heterocycles. The minimum Gasteiger partial charge on any atom is -0.383 e. The maximum atomic E-state index is 12.0. The van der Waals surface area contributed by atoms with Gasteiger partial charge < -0.3 is 20.7 Å². The molecule has 4 aromatic rings. The summed E-state index contributed by atoms with van der Waals surface area (Å²) in [5.74, 6) is 0.217. The number of anilines is 2. The zero-order chi connectivity index (χ0) is 25.6. The quantitative estimate of drug-likeness (QED) is 0.245. The molecule has 1 aliphatic carbocycles. The second-order valence-corrected chi connectivity index (χ2v) is 9.48. The number of nitrogens with two attached hydrogens (primary N) is 1. The van der Waals surface area contributed by atoms with E-state index < -0.39 is 6.23 Å². The van der Waals surface area contributed by atoms with Gasteiger partial charge in [-0.25, -0.2) is 9.97 Å². The number of carbonyl (C=O) groups excluding carboxylic acids is 1. The summed E-state index contributed by atoms with van der Waals surface area (Å²) in [4.78, 5) is 20.8. The molecule has 0 saturated carbocycles. The summed E-state index contributed by atoms with van der Waals surface area (Å²) in [6.45, 7) is 7.11. The average molecular weight is 483 g/mol. The van der Waals surface area contributed by atoms with Crippen molar-refractivity contribution in [3.05, 3.63) is 72.1 Å². The number of hydrogen-bond donors (Lipinski definition) is 4. The van der Waals surface area contributed by atoms with E-state index in [1.54, 1.807) is 13.8 Å². The summed E-state index contributed by atoms with van der Waals surface area (Å²) in [6, 6.07) is 14.4. The van der Waals surface area contributed by atoms with Gasteiger partial charge in [-0.3, -0.25) is 10.1 Å². The van der Waals surface area contributed by atoms with Gasteiger partial charge in [-0.2, -0.15) is 0 Å². The van der Waals surface area contributed by atoms with E-state index in [0.717, 1.165) is 46.3 Å². The zero-order valence-electron chi connectivity index (χ0n) is 20.7. The molecule has 184 valence electrons. The first-order valence-electron chi connectivity index (χ1n) is 12.0. The molecule has 5 rings (SSSR count). The SMILES string of the molecule is C=C(C)C(=O)Nc1ccc(-c2c(-c3ccc4c(c3)CC(NC(C)O)C4)c3c(N)ncnc3n2C)cc1. The Morgan fingerprint density at radius 1 is 1.14 bits per heavy atom. The van der Waals surface area contributed by atoms with E-state index in [1.165, 1.54) is 17.5 Å². The van der Waals surface area contributed by atoms with Crippen LogP contribution in [0.5, 0.6) is 0 Å². The van der Waals surface area contributed by atoms with Crippen molar-refractivity contribution < 1.29 is 9.90 Å². The van der Waals surface area contributed by atoms with Crippen molar-refractivity contribution in [2.75, 3.05) is 11.1 Å². The van der Waals surface area contributed by atoms with Crippen LogP contribution in [0.1, 0.15) is 25.0 Å². The van der Waals surface area contributed by atoms with Crippen molar-refractivity contribution in [1.82, 2.24) is 19.9 Å². The van der Waals surface area contributed by atoms with Gasteiger partial charge in [-0.1, -0.05) is 36.9 Å². The number of nitrogens with one attached hydrogen (secondary N) is 2. The van der Waals surface area contributed by atoms with Gasteiger partial charge in [0.15, 0.2) is 0 Å². The maximum absolute atomic E-state index is 12.0. The molecule has 0 aliphatic heterocycles. The first kappa shape index (κ1) is 23.7. The molecule has 2 unspecified atom stereocenters. The predicted molar refractivity (Wildman–Crippen MR) is 143 cm³/mol. The summed E-state index contributed by atoms with van der Waals surface area (Å²) in [6.07, 6.45) is 2.66. The van der Waals surface area contributed by atoms with Gasteiger partial charge in [-0.05, 0) is 61.1 Å². The van der Waals surface area contributed by atoms with E-state index in [9.17, 15) is 9.90 Å². The Bertz CT molecular complexity index is 1490. The van der Waals surface area contributed by atoms with E-state index in [0.29, 0.717) is 17.1 Å². The molecular weight excluding hydrogens is 452 g/mol. The third kappa shape index (κ3) is 4.25. The highest BCUT2D eigenvalue weighted by Crippen LogP contribution is 2.42. The standard InChI is InChI=1S/C28H30N6O2/c1-15(2)28(36)33-21-9-7-17(8-10-21)25-23(24-26(29)30-14-31-27(24)34(25)4)19-6-5-18-12-22(32-16(3)35)13-20(18)11-19/h5-11,14,16,22,32,35H,1,12-13H2,2-4H3,(H,33,36)(H2,29,30,31). The monoisotopic (exact) mass is 482 g/mol. The van der Waals surface area contributed by atoms with Gasteiger partial charge in [0, 0.05) is 29.9 Å². The van der Waals surface area contributed by atoms with Gasteiger partial charge in [0.2, 0.25) is 0 Å². The molecule has 0 bridgehead atoms. The van der Waals surface area contributed by atoms with E-state index in [1.807, 2.05) is 35.9 Å². The van der Waals surface area contributed by atoms with Crippen LogP contribution in [0.4, 0.5) is 11.5 Å². The molecule has 2 atom stereocenters. The Morgan fingerprint density at radius 3 is 2.53 bits per heavy atom. The summed E-state index contributed by atoms with van der Waals surface area (Å²) in [5.41, 5.74) is 14.8. The van der Waals surface area contributed by atoms with E-state index in [2.05, 4.69) is 45.4 Å². The maximum Gasteiger partial charge on any atom is 0.250 e. The van der Waals surface area contributed by atoms with E-state index in [4.69, 9.17) is 5.73 Å². The number of nitrogens with zero attached hydrogens (tertiary/aromatic N) is 3. The minimum absolute atomic E-state index is 0.206. The molecule has 8 heteroatoms. The largest absolute Gasteiger partial charge is 0.383 e. The molecule has 1 aliphatic rings. The molecule has 8 nitrogen and oxygen atoms in total. The number of aromatic nitrogens is 3. The number of amides is 1. The number of hydrogen-bond acceptors (Lipinski definition) is 6. The normalized spacial score (nSPS) is 15.6. The summed E-state index contributed by atoms with van der Waals surface area (Å²) in [5, 5.41) is 16.7. The lowest BCUT2D eigenvalue weighted by Gasteiger charge is -2.13. The highest BCUT2D eigenvalue weighted by molar-refractivity contribution is 6.08. The molecule has 2 aromatic heterocycles. The second-order valence-electron chi connectivity index (χ2n) is 9.48. The fourth-order valence-electron chi connectivity index (χ4n) is 5.08. The molecule has 2 aromatic carbocycles. The van der Waals surface area contributed by atoms with Crippen LogP contribution in [-0.4, -0.2) is 37.8 Å². The third-order valence-electron chi connectivity index (χ3n) is 6.70. The molecule has 0 spiro atoms. The van der Waals surface area contributed by atoms with Crippen molar-refractivity contribution in [2.24, 2.45) is 7.05 Å². The molecule has 2 heterocycles. The number of benzene rings is 2. The fraction of sp³-hybridized carbons (Fsp3) is 0.250. The molecule has 0 fully saturated rings. The number of rotatable bonds is 6. The van der Waals surface area contributed by atoms with Gasteiger partial charge in [0.05, 0.1) is 11.1 Å². The van der Waals surface area contributed by atoms with Gasteiger partial charge in [-0.15, -0.1) is 0 Å². The van der Waals surface area contributed by atoms with Crippen LogP contribution in [0.15, 0.2) is 60.9 Å². The van der Waals surface area contributed by atoms with Gasteiger partial charge >= 0.3 is 0 Å². The Labute approximate surface area is 209 Å². The lowest BCUT2D eigenvalue weighted by atomic mass is 9.96. The topological polar surface area (TPSA) is 118 Å². The van der Waals surface area contributed by atoms with E-state index in [-0.39, 0.29) is 11.9 Å². The minimum atomic E-state index is -0.548. The first-order valence-corrected chi connectivity index (χ1v) is 12.0. The molecule has 36 heavy (non-hydrogen) atoms. The molecule has 5 N–H and O–H groups in total. The van der Waals surface area contributed by atoms with Gasteiger partial charge in [0.1, 0.15) is 24.0 Å². The van der Waals surface area contributed by atoms with Crippen LogP contribution in [-0.2, 0) is 24.7 Å².